The summed E-state index contributed by atoms with van der Waals surface area (Å²) in [5, 5.41) is 17.6. The van der Waals surface area contributed by atoms with Gasteiger partial charge in [0.15, 0.2) is 0 Å². The first-order chi connectivity index (χ1) is 8.33. The molecule has 17 heavy (non-hydrogen) atoms. The summed E-state index contributed by atoms with van der Waals surface area (Å²) in [6, 6.07) is 9.22. The van der Waals surface area contributed by atoms with Crippen molar-refractivity contribution < 1.29 is 4.52 Å². The molecular weight excluding hydrogens is 220 g/mol. The number of hydrogen-bond acceptors (Lipinski definition) is 6. The van der Waals surface area contributed by atoms with Crippen LogP contribution in [0.25, 0.3) is 22.6 Å². The largest absolute Gasteiger partial charge is 0.368 e. The molecule has 0 amide bonds. The van der Waals surface area contributed by atoms with Crippen molar-refractivity contribution in [3.8, 4) is 22.6 Å². The number of benzene rings is 1. The molecule has 3 aromatic rings. The lowest BCUT2D eigenvalue weighted by molar-refractivity contribution is 0.439. The lowest BCUT2D eigenvalue weighted by Gasteiger charge is -1.97. The third-order valence-corrected chi connectivity index (χ3v) is 2.29. The topological polar surface area (TPSA) is 107 Å². The maximum absolute atomic E-state index is 5.48. The summed E-state index contributed by atoms with van der Waals surface area (Å²) in [6.45, 7) is 0. The number of nitrogens with one attached hydrogen (secondary N) is 1. The Kier molecular flexibility index (Phi) is 2.08. The summed E-state index contributed by atoms with van der Waals surface area (Å²) >= 11 is 0. The minimum absolute atomic E-state index is 0.282. The zero-order chi connectivity index (χ0) is 11.7. The van der Waals surface area contributed by atoms with Gasteiger partial charge in [0, 0.05) is 17.2 Å². The lowest BCUT2D eigenvalue weighted by Crippen LogP contribution is -1.83. The minimum Gasteiger partial charge on any atom is -0.368 e. The Morgan fingerprint density at radius 1 is 1.18 bits per heavy atom. The Balaban J connectivity index is 2.05. The van der Waals surface area contributed by atoms with Crippen molar-refractivity contribution in [1.82, 2.24) is 25.8 Å². The fourth-order valence-electron chi connectivity index (χ4n) is 1.53. The van der Waals surface area contributed by atoms with E-state index in [1.165, 1.54) is 0 Å². The monoisotopic (exact) mass is 228 g/mol. The van der Waals surface area contributed by atoms with Crippen LogP contribution in [0.3, 0.4) is 0 Å². The van der Waals surface area contributed by atoms with E-state index in [4.69, 9.17) is 10.3 Å². The molecule has 0 aliphatic heterocycles. The number of H-pyrrole nitrogens is 1. The number of nitrogens with two attached hydrogens (primary N) is 1. The molecule has 2 aromatic heterocycles. The van der Waals surface area contributed by atoms with Gasteiger partial charge in [-0.05, 0) is 11.3 Å². The van der Waals surface area contributed by atoms with Crippen molar-refractivity contribution in [3.05, 3.63) is 30.3 Å². The van der Waals surface area contributed by atoms with Crippen LogP contribution < -0.4 is 5.73 Å². The average Bonchev–Trinajstić information content (AvgIpc) is 3.00. The molecule has 3 rings (SSSR count). The molecule has 0 bridgehead atoms. The molecule has 0 aliphatic carbocycles. The van der Waals surface area contributed by atoms with Gasteiger partial charge < -0.3 is 10.3 Å². The standard InChI is InChI=1S/C10H8N6O/c11-9-5-8(14-17-9)6-2-1-3-7(4-6)10-12-15-16-13-10/h1-5H,11H2,(H,12,13,15,16). The van der Waals surface area contributed by atoms with Crippen molar-refractivity contribution in [1.29, 1.82) is 0 Å². The van der Waals surface area contributed by atoms with Crippen LogP contribution in [0.4, 0.5) is 5.88 Å². The van der Waals surface area contributed by atoms with Crippen LogP contribution in [0, 0.1) is 0 Å². The van der Waals surface area contributed by atoms with Gasteiger partial charge in [-0.3, -0.25) is 0 Å². The second-order valence-corrected chi connectivity index (χ2v) is 3.43. The fourth-order valence-corrected chi connectivity index (χ4v) is 1.53. The van der Waals surface area contributed by atoms with Gasteiger partial charge in [-0.25, -0.2) is 0 Å². The van der Waals surface area contributed by atoms with Gasteiger partial charge in [0.05, 0.1) is 0 Å². The smallest absolute Gasteiger partial charge is 0.222 e. The van der Waals surface area contributed by atoms with Gasteiger partial charge in [-0.2, -0.15) is 5.21 Å². The third-order valence-electron chi connectivity index (χ3n) is 2.29. The average molecular weight is 228 g/mol. The summed E-state index contributed by atoms with van der Waals surface area (Å²) in [4.78, 5) is 0. The zero-order valence-corrected chi connectivity index (χ0v) is 8.66. The van der Waals surface area contributed by atoms with E-state index < -0.39 is 0 Å². The van der Waals surface area contributed by atoms with Gasteiger partial charge in [-0.1, -0.05) is 23.4 Å². The Bertz CT molecular complexity index is 630. The Hall–Kier alpha value is -2.70. The molecule has 0 saturated carbocycles. The highest BCUT2D eigenvalue weighted by Crippen LogP contribution is 2.24. The van der Waals surface area contributed by atoms with Crippen LogP contribution in [0.15, 0.2) is 34.9 Å². The van der Waals surface area contributed by atoms with Gasteiger partial charge in [0.1, 0.15) is 5.69 Å². The van der Waals surface area contributed by atoms with E-state index in [9.17, 15) is 0 Å². The summed E-state index contributed by atoms with van der Waals surface area (Å²) in [5.74, 6) is 0.813. The number of nitrogen functional groups attached to an aromatic ring is 1. The number of nitrogens with zero attached hydrogens (tertiary/aromatic N) is 4. The van der Waals surface area contributed by atoms with Crippen molar-refractivity contribution in [2.45, 2.75) is 0 Å². The molecule has 0 unspecified atom stereocenters. The molecule has 0 saturated heterocycles. The first-order valence-corrected chi connectivity index (χ1v) is 4.89. The highest BCUT2D eigenvalue weighted by Gasteiger charge is 2.07. The third kappa shape index (κ3) is 1.73. The molecule has 84 valence electrons. The quantitative estimate of drug-likeness (QED) is 0.680. The van der Waals surface area contributed by atoms with E-state index in [0.29, 0.717) is 11.5 Å². The van der Waals surface area contributed by atoms with E-state index in [1.54, 1.807) is 6.07 Å². The van der Waals surface area contributed by atoms with Crippen LogP contribution in [0.1, 0.15) is 0 Å². The zero-order valence-electron chi connectivity index (χ0n) is 8.66. The van der Waals surface area contributed by atoms with Gasteiger partial charge in [0.25, 0.3) is 0 Å². The number of hydrogen-bond donors (Lipinski definition) is 2. The first kappa shape index (κ1) is 9.52. The van der Waals surface area contributed by atoms with E-state index in [0.717, 1.165) is 11.1 Å². The molecule has 1 aromatic carbocycles. The van der Waals surface area contributed by atoms with E-state index >= 15 is 0 Å². The van der Waals surface area contributed by atoms with Gasteiger partial charge in [-0.15, -0.1) is 10.2 Å². The number of rotatable bonds is 2. The summed E-state index contributed by atoms with van der Waals surface area (Å²) < 4.78 is 4.83. The lowest BCUT2D eigenvalue weighted by atomic mass is 10.1. The highest BCUT2D eigenvalue weighted by molar-refractivity contribution is 5.68. The van der Waals surface area contributed by atoms with Crippen LogP contribution in [0.5, 0.6) is 0 Å². The number of aromatic nitrogens is 5. The SMILES string of the molecule is Nc1cc(-c2cccc(-c3nn[nH]n3)c2)no1. The molecule has 3 N–H and O–H groups in total. The van der Waals surface area contributed by atoms with Crippen LogP contribution >= 0.6 is 0 Å². The number of tetrazole rings is 1. The predicted octanol–water partition coefficient (Wildman–Crippen LogP) is 1.10. The second kappa shape index (κ2) is 3.71. The first-order valence-electron chi connectivity index (χ1n) is 4.89. The second-order valence-electron chi connectivity index (χ2n) is 3.43. The van der Waals surface area contributed by atoms with Crippen molar-refractivity contribution in [3.63, 3.8) is 0 Å². The van der Waals surface area contributed by atoms with Crippen LogP contribution in [-0.2, 0) is 0 Å². The van der Waals surface area contributed by atoms with Gasteiger partial charge >= 0.3 is 0 Å². The Morgan fingerprint density at radius 2 is 2.06 bits per heavy atom. The molecule has 2 heterocycles. The fraction of sp³-hybridized carbons (Fsp3) is 0. The Morgan fingerprint density at radius 3 is 2.76 bits per heavy atom. The molecule has 7 nitrogen and oxygen atoms in total. The number of anilines is 1. The van der Waals surface area contributed by atoms with Crippen LogP contribution in [-0.4, -0.2) is 25.8 Å². The molecule has 0 aliphatic rings. The predicted molar refractivity (Wildman–Crippen MR) is 59.5 cm³/mol. The van der Waals surface area contributed by atoms with Crippen molar-refractivity contribution >= 4 is 5.88 Å². The normalized spacial score (nSPS) is 10.6. The summed E-state index contributed by atoms with van der Waals surface area (Å²) in [5.41, 5.74) is 7.88. The number of aromatic amines is 1. The van der Waals surface area contributed by atoms with Crippen molar-refractivity contribution in [2.75, 3.05) is 5.73 Å². The minimum atomic E-state index is 0.282. The van der Waals surface area contributed by atoms with E-state index in [1.807, 2.05) is 24.3 Å². The molecule has 0 radical (unpaired) electrons. The van der Waals surface area contributed by atoms with E-state index in [-0.39, 0.29) is 5.88 Å². The van der Waals surface area contributed by atoms with E-state index in [2.05, 4.69) is 25.8 Å². The summed E-state index contributed by atoms with van der Waals surface area (Å²) in [7, 11) is 0. The highest BCUT2D eigenvalue weighted by atomic mass is 16.5. The molecule has 0 atom stereocenters. The molecule has 0 spiro atoms. The molecule has 0 fully saturated rings. The van der Waals surface area contributed by atoms with Crippen LogP contribution in [0.2, 0.25) is 0 Å². The molecule has 7 heteroatoms. The molecular formula is C10H8N6O. The Labute approximate surface area is 95.6 Å². The van der Waals surface area contributed by atoms with Crippen molar-refractivity contribution in [2.24, 2.45) is 0 Å². The maximum atomic E-state index is 5.48. The summed E-state index contributed by atoms with van der Waals surface area (Å²) in [6.07, 6.45) is 0. The maximum Gasteiger partial charge on any atom is 0.222 e. The van der Waals surface area contributed by atoms with Gasteiger partial charge in [0.2, 0.25) is 11.7 Å².